The van der Waals surface area contributed by atoms with Gasteiger partial charge in [0, 0.05) is 10.2 Å². The third-order valence-corrected chi connectivity index (χ3v) is 3.94. The molecule has 0 spiro atoms. The number of hydrogen-bond donors (Lipinski definition) is 2. The van der Waals surface area contributed by atoms with E-state index in [9.17, 15) is 27.6 Å². The second-order valence-electron chi connectivity index (χ2n) is 5.81. The molecule has 2 N–H and O–H groups in total. The number of carbonyl (C=O) groups excluding carboxylic acids is 3. The number of rotatable bonds is 8. The van der Waals surface area contributed by atoms with Gasteiger partial charge >= 0.3 is 12.1 Å². The fourth-order valence-electron chi connectivity index (χ4n) is 2.09. The van der Waals surface area contributed by atoms with Crippen molar-refractivity contribution in [3.8, 4) is 5.75 Å². The molecular weight excluding hydrogens is 473 g/mol. The summed E-state index contributed by atoms with van der Waals surface area (Å²) in [4.78, 5) is 35.5. The molecule has 0 aromatic heterocycles. The Labute approximate surface area is 177 Å². The van der Waals surface area contributed by atoms with Gasteiger partial charge in [-0.3, -0.25) is 9.59 Å². The van der Waals surface area contributed by atoms with E-state index in [0.717, 1.165) is 4.47 Å². The van der Waals surface area contributed by atoms with Crippen LogP contribution in [0.5, 0.6) is 5.75 Å². The van der Waals surface area contributed by atoms with E-state index in [-0.39, 0.29) is 11.3 Å². The number of amides is 2. The van der Waals surface area contributed by atoms with Gasteiger partial charge in [-0.1, -0.05) is 28.1 Å². The summed E-state index contributed by atoms with van der Waals surface area (Å²) in [6.45, 7) is -2.84. The second-order valence-corrected chi connectivity index (χ2v) is 6.72. The highest BCUT2D eigenvalue weighted by atomic mass is 79.9. The molecule has 0 unspecified atom stereocenters. The standard InChI is InChI=1S/C19H16BrF3N2O5/c20-12-5-7-13(8-6-12)25-17(27)10-29-15-4-2-1-3-14(15)18(28)30-9-16(26)24-11-19(21,22)23/h1-8H,9-11H2,(H,24,26)(H,25,27). The summed E-state index contributed by atoms with van der Waals surface area (Å²) >= 11 is 3.28. The molecule has 2 rings (SSSR count). The third-order valence-electron chi connectivity index (χ3n) is 3.41. The van der Waals surface area contributed by atoms with Gasteiger partial charge in [0.2, 0.25) is 0 Å². The average molecular weight is 489 g/mol. The van der Waals surface area contributed by atoms with Crippen LogP contribution in [-0.2, 0) is 14.3 Å². The molecule has 2 aromatic carbocycles. The number of halogens is 4. The number of para-hydroxylation sites is 1. The lowest BCUT2D eigenvalue weighted by atomic mass is 10.2. The molecule has 0 heterocycles. The quantitative estimate of drug-likeness (QED) is 0.556. The van der Waals surface area contributed by atoms with Crippen molar-refractivity contribution >= 4 is 39.4 Å². The summed E-state index contributed by atoms with van der Waals surface area (Å²) in [7, 11) is 0. The molecule has 0 fully saturated rings. The Morgan fingerprint density at radius 3 is 2.27 bits per heavy atom. The normalized spacial score (nSPS) is 10.8. The molecule has 0 aliphatic heterocycles. The minimum atomic E-state index is -4.57. The molecule has 0 bridgehead atoms. The van der Waals surface area contributed by atoms with Crippen molar-refractivity contribution in [3.05, 3.63) is 58.6 Å². The van der Waals surface area contributed by atoms with Gasteiger partial charge in [0.15, 0.2) is 13.2 Å². The van der Waals surface area contributed by atoms with Gasteiger partial charge in [-0.15, -0.1) is 0 Å². The van der Waals surface area contributed by atoms with Crippen LogP contribution in [-0.4, -0.2) is 43.7 Å². The van der Waals surface area contributed by atoms with Crippen LogP contribution in [0.2, 0.25) is 0 Å². The number of esters is 1. The van der Waals surface area contributed by atoms with Crippen LogP contribution >= 0.6 is 15.9 Å². The van der Waals surface area contributed by atoms with Crippen molar-refractivity contribution in [1.29, 1.82) is 0 Å². The molecule has 2 amide bonds. The van der Waals surface area contributed by atoms with Crippen molar-refractivity contribution in [2.45, 2.75) is 6.18 Å². The lowest BCUT2D eigenvalue weighted by molar-refractivity contribution is -0.140. The van der Waals surface area contributed by atoms with Gasteiger partial charge in [0.1, 0.15) is 17.9 Å². The summed E-state index contributed by atoms with van der Waals surface area (Å²) in [6.07, 6.45) is -4.57. The van der Waals surface area contributed by atoms with Crippen LogP contribution in [0.15, 0.2) is 53.0 Å². The van der Waals surface area contributed by atoms with Crippen LogP contribution in [0.25, 0.3) is 0 Å². The first-order chi connectivity index (χ1) is 14.1. The maximum absolute atomic E-state index is 12.1. The molecule has 0 aliphatic rings. The first-order valence-corrected chi connectivity index (χ1v) is 9.21. The number of ether oxygens (including phenoxy) is 2. The Hall–Kier alpha value is -3.08. The van der Waals surface area contributed by atoms with Crippen LogP contribution in [0.4, 0.5) is 18.9 Å². The van der Waals surface area contributed by atoms with E-state index in [1.54, 1.807) is 35.6 Å². The van der Waals surface area contributed by atoms with Crippen molar-refractivity contribution in [3.63, 3.8) is 0 Å². The molecular formula is C19H16BrF3N2O5. The number of nitrogens with one attached hydrogen (secondary N) is 2. The molecule has 0 aliphatic carbocycles. The molecule has 0 saturated carbocycles. The molecule has 160 valence electrons. The molecule has 0 atom stereocenters. The Balaban J connectivity index is 1.88. The monoisotopic (exact) mass is 488 g/mol. The summed E-state index contributed by atoms with van der Waals surface area (Å²) in [6, 6.07) is 12.6. The Morgan fingerprint density at radius 2 is 1.60 bits per heavy atom. The summed E-state index contributed by atoms with van der Waals surface area (Å²) in [5, 5.41) is 4.19. The lowest BCUT2D eigenvalue weighted by Gasteiger charge is -2.12. The Morgan fingerprint density at radius 1 is 0.933 bits per heavy atom. The van der Waals surface area contributed by atoms with E-state index in [4.69, 9.17) is 9.47 Å². The van der Waals surface area contributed by atoms with E-state index < -0.39 is 43.7 Å². The first kappa shape index (κ1) is 23.2. The van der Waals surface area contributed by atoms with Crippen molar-refractivity contribution in [1.82, 2.24) is 5.32 Å². The van der Waals surface area contributed by atoms with Crippen LogP contribution in [0.1, 0.15) is 10.4 Å². The first-order valence-electron chi connectivity index (χ1n) is 8.42. The lowest BCUT2D eigenvalue weighted by Crippen LogP contribution is -2.36. The number of benzene rings is 2. The number of anilines is 1. The summed E-state index contributed by atoms with van der Waals surface area (Å²) in [5.41, 5.74) is 0.460. The zero-order valence-corrected chi connectivity index (χ0v) is 16.9. The molecule has 0 radical (unpaired) electrons. The minimum absolute atomic E-state index is 0.0177. The van der Waals surface area contributed by atoms with E-state index in [1.165, 1.54) is 18.2 Å². The predicted octanol–water partition coefficient (Wildman–Crippen LogP) is 3.30. The van der Waals surface area contributed by atoms with Crippen LogP contribution in [0, 0.1) is 0 Å². The molecule has 2 aromatic rings. The summed E-state index contributed by atoms with van der Waals surface area (Å²) in [5.74, 6) is -2.55. The number of alkyl halides is 3. The van der Waals surface area contributed by atoms with Gasteiger partial charge in [-0.05, 0) is 36.4 Å². The van der Waals surface area contributed by atoms with Crippen molar-refractivity contribution in [2.24, 2.45) is 0 Å². The van der Waals surface area contributed by atoms with Gasteiger partial charge < -0.3 is 20.1 Å². The highest BCUT2D eigenvalue weighted by Gasteiger charge is 2.28. The smallest absolute Gasteiger partial charge is 0.405 e. The maximum atomic E-state index is 12.1. The number of carbonyl (C=O) groups is 3. The zero-order chi connectivity index (χ0) is 22.1. The molecule has 30 heavy (non-hydrogen) atoms. The van der Waals surface area contributed by atoms with Gasteiger partial charge in [0.25, 0.3) is 11.8 Å². The van der Waals surface area contributed by atoms with Gasteiger partial charge in [-0.2, -0.15) is 13.2 Å². The van der Waals surface area contributed by atoms with E-state index >= 15 is 0 Å². The second kappa shape index (κ2) is 10.6. The molecule has 7 nitrogen and oxygen atoms in total. The van der Waals surface area contributed by atoms with E-state index in [1.807, 2.05) is 0 Å². The highest BCUT2D eigenvalue weighted by molar-refractivity contribution is 9.10. The highest BCUT2D eigenvalue weighted by Crippen LogP contribution is 2.19. The van der Waals surface area contributed by atoms with E-state index in [2.05, 4.69) is 21.2 Å². The Kier molecular flexibility index (Phi) is 8.22. The van der Waals surface area contributed by atoms with Crippen LogP contribution in [0.3, 0.4) is 0 Å². The largest absolute Gasteiger partial charge is 0.483 e. The van der Waals surface area contributed by atoms with Crippen LogP contribution < -0.4 is 15.4 Å². The molecule has 11 heteroatoms. The average Bonchev–Trinajstić information content (AvgIpc) is 2.70. The zero-order valence-electron chi connectivity index (χ0n) is 15.3. The Bertz CT molecular complexity index is 904. The third kappa shape index (κ3) is 8.11. The van der Waals surface area contributed by atoms with Crippen molar-refractivity contribution < 1.29 is 37.0 Å². The fraction of sp³-hybridized carbons (Fsp3) is 0.211. The fourth-order valence-corrected chi connectivity index (χ4v) is 2.36. The SMILES string of the molecule is O=C(COC(=O)c1ccccc1OCC(=O)Nc1ccc(Br)cc1)NCC(F)(F)F. The number of hydrogen-bond acceptors (Lipinski definition) is 5. The van der Waals surface area contributed by atoms with Crippen molar-refractivity contribution in [2.75, 3.05) is 25.1 Å². The predicted molar refractivity (Wildman–Crippen MR) is 104 cm³/mol. The minimum Gasteiger partial charge on any atom is -0.483 e. The van der Waals surface area contributed by atoms with Gasteiger partial charge in [-0.25, -0.2) is 4.79 Å². The summed E-state index contributed by atoms with van der Waals surface area (Å²) < 4.78 is 47.1. The van der Waals surface area contributed by atoms with Gasteiger partial charge in [0.05, 0.1) is 0 Å². The van der Waals surface area contributed by atoms with E-state index in [0.29, 0.717) is 5.69 Å². The molecule has 0 saturated heterocycles. The topological polar surface area (TPSA) is 93.7 Å². The maximum Gasteiger partial charge on any atom is 0.405 e.